The number of aromatic amines is 1. The summed E-state index contributed by atoms with van der Waals surface area (Å²) in [5.41, 5.74) is 1.18. The Morgan fingerprint density at radius 1 is 1.38 bits per heavy atom. The maximum absolute atomic E-state index is 13.3. The standard InChI is InChI=1S/C17H22FN5O/c1-12-20-16(22-21-12)15-11-23(10-14(15)9-18)17(24)19-8-7-13-5-3-2-4-6-13/h2-6,14-15H,7-11H2,1H3,(H,19,24)(H,20,21,22)/t14-,15-/m1/s1. The Labute approximate surface area is 140 Å². The van der Waals surface area contributed by atoms with E-state index in [9.17, 15) is 9.18 Å². The summed E-state index contributed by atoms with van der Waals surface area (Å²) in [4.78, 5) is 18.3. The fraction of sp³-hybridized carbons (Fsp3) is 0.471. The number of nitrogens with one attached hydrogen (secondary N) is 2. The molecule has 0 aliphatic carbocycles. The van der Waals surface area contributed by atoms with Gasteiger partial charge in [0, 0.05) is 31.5 Å². The largest absolute Gasteiger partial charge is 0.338 e. The van der Waals surface area contributed by atoms with Crippen LogP contribution in [0.15, 0.2) is 30.3 Å². The molecule has 0 bridgehead atoms. The first-order chi connectivity index (χ1) is 11.7. The van der Waals surface area contributed by atoms with Crippen LogP contribution < -0.4 is 5.32 Å². The van der Waals surface area contributed by atoms with Crippen LogP contribution in [0.2, 0.25) is 0 Å². The number of hydrogen-bond acceptors (Lipinski definition) is 3. The van der Waals surface area contributed by atoms with Crippen molar-refractivity contribution in [1.82, 2.24) is 25.4 Å². The lowest BCUT2D eigenvalue weighted by Crippen LogP contribution is -2.39. The number of hydrogen-bond donors (Lipinski definition) is 2. The number of likely N-dealkylation sites (tertiary alicyclic amines) is 1. The van der Waals surface area contributed by atoms with Gasteiger partial charge in [-0.05, 0) is 18.9 Å². The molecule has 1 saturated heterocycles. The molecule has 2 heterocycles. The molecule has 2 aromatic rings. The Hall–Kier alpha value is -2.44. The first-order valence-electron chi connectivity index (χ1n) is 8.19. The third kappa shape index (κ3) is 3.72. The molecule has 1 aromatic heterocycles. The number of carbonyl (C=O) groups is 1. The van der Waals surface area contributed by atoms with Crippen molar-refractivity contribution in [2.45, 2.75) is 19.3 Å². The fourth-order valence-electron chi connectivity index (χ4n) is 3.08. The molecule has 2 atom stereocenters. The minimum absolute atomic E-state index is 0.153. The van der Waals surface area contributed by atoms with Gasteiger partial charge in [0.25, 0.3) is 0 Å². The first kappa shape index (κ1) is 16.4. The number of rotatable bonds is 5. The fourth-order valence-corrected chi connectivity index (χ4v) is 3.08. The number of halogens is 1. The number of nitrogens with zero attached hydrogens (tertiary/aromatic N) is 3. The summed E-state index contributed by atoms with van der Waals surface area (Å²) in [6, 6.07) is 9.83. The summed E-state index contributed by atoms with van der Waals surface area (Å²) >= 11 is 0. The molecular weight excluding hydrogens is 309 g/mol. The highest BCUT2D eigenvalue weighted by atomic mass is 19.1. The average Bonchev–Trinajstić information content (AvgIpc) is 3.21. The molecule has 1 aliphatic heterocycles. The topological polar surface area (TPSA) is 73.9 Å². The second-order valence-corrected chi connectivity index (χ2v) is 6.17. The van der Waals surface area contributed by atoms with Crippen LogP contribution in [-0.2, 0) is 6.42 Å². The van der Waals surface area contributed by atoms with Gasteiger partial charge in [0.15, 0.2) is 5.82 Å². The van der Waals surface area contributed by atoms with Crippen LogP contribution in [0, 0.1) is 12.8 Å². The van der Waals surface area contributed by atoms with Crippen LogP contribution in [0.25, 0.3) is 0 Å². The van der Waals surface area contributed by atoms with Crippen molar-refractivity contribution < 1.29 is 9.18 Å². The Kier molecular flexibility index (Phi) is 5.08. The molecule has 0 saturated carbocycles. The zero-order valence-electron chi connectivity index (χ0n) is 13.7. The number of carbonyl (C=O) groups excluding carboxylic acids is 1. The predicted molar refractivity (Wildman–Crippen MR) is 88.4 cm³/mol. The minimum atomic E-state index is -0.480. The summed E-state index contributed by atoms with van der Waals surface area (Å²) in [6.07, 6.45) is 0.774. The van der Waals surface area contributed by atoms with Crippen LogP contribution in [0.1, 0.15) is 23.1 Å². The number of amides is 2. The van der Waals surface area contributed by atoms with Crippen LogP contribution in [0.5, 0.6) is 0 Å². The normalized spacial score (nSPS) is 20.3. The Morgan fingerprint density at radius 2 is 2.17 bits per heavy atom. The van der Waals surface area contributed by atoms with E-state index in [1.807, 2.05) is 37.3 Å². The Balaban J connectivity index is 1.54. The predicted octanol–water partition coefficient (Wildman–Crippen LogP) is 2.05. The number of alkyl halides is 1. The van der Waals surface area contributed by atoms with E-state index in [0.29, 0.717) is 31.3 Å². The van der Waals surface area contributed by atoms with Gasteiger partial charge in [0.2, 0.25) is 0 Å². The average molecular weight is 331 g/mol. The van der Waals surface area contributed by atoms with Crippen molar-refractivity contribution >= 4 is 6.03 Å². The summed E-state index contributed by atoms with van der Waals surface area (Å²) in [5, 5.41) is 9.83. The molecule has 1 fully saturated rings. The summed E-state index contributed by atoms with van der Waals surface area (Å²) in [7, 11) is 0. The SMILES string of the molecule is Cc1nc([C@@H]2CN(C(=O)NCCc3ccccc3)C[C@H]2CF)n[nH]1. The van der Waals surface area contributed by atoms with Gasteiger partial charge in [0.1, 0.15) is 5.82 Å². The van der Waals surface area contributed by atoms with E-state index >= 15 is 0 Å². The number of H-pyrrole nitrogens is 1. The third-order valence-corrected chi connectivity index (χ3v) is 4.41. The number of urea groups is 1. The van der Waals surface area contributed by atoms with E-state index in [0.717, 1.165) is 6.42 Å². The van der Waals surface area contributed by atoms with Crippen molar-refractivity contribution in [2.24, 2.45) is 5.92 Å². The first-order valence-corrected chi connectivity index (χ1v) is 8.19. The second kappa shape index (κ2) is 7.42. The van der Waals surface area contributed by atoms with E-state index < -0.39 is 6.67 Å². The molecule has 128 valence electrons. The van der Waals surface area contributed by atoms with Crippen molar-refractivity contribution in [1.29, 1.82) is 0 Å². The molecule has 2 amide bonds. The van der Waals surface area contributed by atoms with E-state index in [2.05, 4.69) is 20.5 Å². The molecule has 2 N–H and O–H groups in total. The molecule has 1 aliphatic rings. The summed E-state index contributed by atoms with van der Waals surface area (Å²) in [6.45, 7) is 2.73. The molecule has 7 heteroatoms. The van der Waals surface area contributed by atoms with Crippen molar-refractivity contribution in [3.8, 4) is 0 Å². The van der Waals surface area contributed by atoms with Gasteiger partial charge >= 0.3 is 6.03 Å². The molecule has 0 unspecified atom stereocenters. The van der Waals surface area contributed by atoms with Crippen LogP contribution in [0.4, 0.5) is 9.18 Å². The minimum Gasteiger partial charge on any atom is -0.338 e. The van der Waals surface area contributed by atoms with Gasteiger partial charge in [-0.3, -0.25) is 9.49 Å². The zero-order valence-corrected chi connectivity index (χ0v) is 13.7. The molecular formula is C17H22FN5O. The number of aromatic nitrogens is 3. The van der Waals surface area contributed by atoms with E-state index in [1.54, 1.807) is 4.90 Å². The maximum atomic E-state index is 13.3. The molecule has 1 aromatic carbocycles. The summed E-state index contributed by atoms with van der Waals surface area (Å²) in [5.74, 6) is 0.892. The zero-order chi connectivity index (χ0) is 16.9. The number of benzene rings is 1. The highest BCUT2D eigenvalue weighted by Crippen LogP contribution is 2.31. The van der Waals surface area contributed by atoms with E-state index in [-0.39, 0.29) is 17.9 Å². The van der Waals surface area contributed by atoms with Gasteiger partial charge in [-0.1, -0.05) is 30.3 Å². The molecule has 3 rings (SSSR count). The van der Waals surface area contributed by atoms with Gasteiger partial charge in [-0.25, -0.2) is 9.78 Å². The van der Waals surface area contributed by atoms with Crippen molar-refractivity contribution in [3.63, 3.8) is 0 Å². The van der Waals surface area contributed by atoms with Crippen LogP contribution in [-0.4, -0.2) is 52.4 Å². The lowest BCUT2D eigenvalue weighted by Gasteiger charge is -2.17. The van der Waals surface area contributed by atoms with Crippen molar-refractivity contribution in [2.75, 3.05) is 26.3 Å². The second-order valence-electron chi connectivity index (χ2n) is 6.17. The van der Waals surface area contributed by atoms with E-state index in [4.69, 9.17) is 0 Å². The van der Waals surface area contributed by atoms with Crippen LogP contribution in [0.3, 0.4) is 0 Å². The summed E-state index contributed by atoms with van der Waals surface area (Å²) < 4.78 is 13.3. The lowest BCUT2D eigenvalue weighted by atomic mass is 9.97. The Bertz CT molecular complexity index is 675. The molecule has 24 heavy (non-hydrogen) atoms. The van der Waals surface area contributed by atoms with Gasteiger partial charge < -0.3 is 10.2 Å². The van der Waals surface area contributed by atoms with Gasteiger partial charge in [-0.2, -0.15) is 5.10 Å². The van der Waals surface area contributed by atoms with Crippen LogP contribution >= 0.6 is 0 Å². The number of aryl methyl sites for hydroxylation is 1. The molecule has 0 radical (unpaired) electrons. The maximum Gasteiger partial charge on any atom is 0.317 e. The van der Waals surface area contributed by atoms with Gasteiger partial charge in [-0.15, -0.1) is 0 Å². The highest BCUT2D eigenvalue weighted by molar-refractivity contribution is 5.74. The molecule has 6 nitrogen and oxygen atoms in total. The monoisotopic (exact) mass is 331 g/mol. The highest BCUT2D eigenvalue weighted by Gasteiger charge is 2.38. The smallest absolute Gasteiger partial charge is 0.317 e. The van der Waals surface area contributed by atoms with Gasteiger partial charge in [0.05, 0.1) is 6.67 Å². The molecule has 0 spiro atoms. The third-order valence-electron chi connectivity index (χ3n) is 4.41. The van der Waals surface area contributed by atoms with E-state index in [1.165, 1.54) is 5.56 Å². The Morgan fingerprint density at radius 3 is 2.83 bits per heavy atom. The lowest BCUT2D eigenvalue weighted by molar-refractivity contribution is 0.206. The quantitative estimate of drug-likeness (QED) is 0.880. The van der Waals surface area contributed by atoms with Crippen molar-refractivity contribution in [3.05, 3.63) is 47.5 Å².